The van der Waals surface area contributed by atoms with Crippen LogP contribution in [0, 0.1) is 5.41 Å². The van der Waals surface area contributed by atoms with Crippen LogP contribution in [-0.4, -0.2) is 13.0 Å². The summed E-state index contributed by atoms with van der Waals surface area (Å²) in [7, 11) is 1.42. The van der Waals surface area contributed by atoms with E-state index < -0.39 is 0 Å². The van der Waals surface area contributed by atoms with Gasteiger partial charge < -0.3 is 4.74 Å². The van der Waals surface area contributed by atoms with Gasteiger partial charge in [-0.1, -0.05) is 23.2 Å². The first-order valence-corrected chi connectivity index (χ1v) is 3.98. The van der Waals surface area contributed by atoms with E-state index in [1.54, 1.807) is 18.2 Å². The van der Waals surface area contributed by atoms with Crippen LogP contribution in [0.15, 0.2) is 18.2 Å². The average molecular weight is 204 g/mol. The van der Waals surface area contributed by atoms with Crippen molar-refractivity contribution in [2.24, 2.45) is 0 Å². The molecule has 1 aromatic carbocycles. The molecule has 0 amide bonds. The lowest BCUT2D eigenvalue weighted by atomic mass is 10.2. The van der Waals surface area contributed by atoms with Crippen LogP contribution in [0.2, 0.25) is 10.0 Å². The zero-order valence-corrected chi connectivity index (χ0v) is 7.91. The van der Waals surface area contributed by atoms with Crippen molar-refractivity contribution in [2.45, 2.75) is 0 Å². The third kappa shape index (κ3) is 1.90. The highest BCUT2D eigenvalue weighted by Gasteiger charge is 2.06. The number of hydrogen-bond donors (Lipinski definition) is 1. The Hall–Kier alpha value is -0.730. The Labute approximate surface area is 80.6 Å². The normalized spacial score (nSPS) is 9.58. The molecule has 1 aromatic rings. The summed E-state index contributed by atoms with van der Waals surface area (Å²) in [6.07, 6.45) is 0. The summed E-state index contributed by atoms with van der Waals surface area (Å²) in [5, 5.41) is 8.31. The van der Waals surface area contributed by atoms with Crippen molar-refractivity contribution in [3.8, 4) is 0 Å². The first-order valence-electron chi connectivity index (χ1n) is 3.23. The summed E-state index contributed by atoms with van der Waals surface area (Å²) >= 11 is 11.5. The van der Waals surface area contributed by atoms with Crippen LogP contribution in [0.5, 0.6) is 0 Å². The molecule has 0 aliphatic carbocycles. The van der Waals surface area contributed by atoms with E-state index in [9.17, 15) is 0 Å². The number of nitrogens with one attached hydrogen (secondary N) is 1. The maximum absolute atomic E-state index is 7.34. The molecule has 0 fully saturated rings. The molecule has 0 aliphatic rings. The number of ether oxygens (including phenoxy) is 1. The summed E-state index contributed by atoms with van der Waals surface area (Å²) in [5.41, 5.74) is 0.545. The van der Waals surface area contributed by atoms with Gasteiger partial charge in [0.05, 0.1) is 17.7 Å². The van der Waals surface area contributed by atoms with Gasteiger partial charge in [0, 0.05) is 5.02 Å². The van der Waals surface area contributed by atoms with E-state index in [0.29, 0.717) is 15.6 Å². The van der Waals surface area contributed by atoms with Crippen LogP contribution in [0.25, 0.3) is 0 Å². The smallest absolute Gasteiger partial charge is 0.214 e. The van der Waals surface area contributed by atoms with E-state index in [-0.39, 0.29) is 5.90 Å². The first kappa shape index (κ1) is 9.36. The quantitative estimate of drug-likeness (QED) is 0.553. The molecule has 2 nitrogen and oxygen atoms in total. The first-order chi connectivity index (χ1) is 5.65. The molecule has 0 heterocycles. The Morgan fingerprint density at radius 1 is 1.42 bits per heavy atom. The molecule has 0 saturated heterocycles. The molecular formula is C8H7Cl2NO. The number of hydrogen-bond acceptors (Lipinski definition) is 2. The van der Waals surface area contributed by atoms with E-state index >= 15 is 0 Å². The van der Waals surface area contributed by atoms with Crippen LogP contribution in [0.4, 0.5) is 0 Å². The Morgan fingerprint density at radius 2 is 2.08 bits per heavy atom. The maximum atomic E-state index is 7.34. The van der Waals surface area contributed by atoms with Crippen molar-refractivity contribution in [3.63, 3.8) is 0 Å². The molecule has 0 atom stereocenters. The molecule has 1 rings (SSSR count). The molecule has 0 unspecified atom stereocenters. The van der Waals surface area contributed by atoms with Gasteiger partial charge in [-0.25, -0.2) is 0 Å². The minimum Gasteiger partial charge on any atom is -0.481 e. The zero-order valence-electron chi connectivity index (χ0n) is 6.40. The molecule has 4 heteroatoms. The Kier molecular flexibility index (Phi) is 2.95. The Balaban J connectivity index is 3.09. The van der Waals surface area contributed by atoms with Gasteiger partial charge in [-0.3, -0.25) is 5.41 Å². The lowest BCUT2D eigenvalue weighted by Gasteiger charge is -2.03. The average Bonchev–Trinajstić information content (AvgIpc) is 2.03. The van der Waals surface area contributed by atoms with Crippen molar-refractivity contribution < 1.29 is 4.74 Å². The van der Waals surface area contributed by atoms with E-state index in [1.165, 1.54) is 7.11 Å². The topological polar surface area (TPSA) is 33.1 Å². The van der Waals surface area contributed by atoms with Gasteiger partial charge in [0.2, 0.25) is 5.90 Å². The Morgan fingerprint density at radius 3 is 2.58 bits per heavy atom. The molecule has 12 heavy (non-hydrogen) atoms. The van der Waals surface area contributed by atoms with Crippen molar-refractivity contribution in [2.75, 3.05) is 7.11 Å². The summed E-state index contributed by atoms with van der Waals surface area (Å²) in [5.74, 6) is 0.0386. The number of benzene rings is 1. The van der Waals surface area contributed by atoms with Gasteiger partial charge in [-0.05, 0) is 18.2 Å². The summed E-state index contributed by atoms with van der Waals surface area (Å²) in [6, 6.07) is 4.89. The fraction of sp³-hybridized carbons (Fsp3) is 0.125. The number of methoxy groups -OCH3 is 1. The summed E-state index contributed by atoms with van der Waals surface area (Å²) in [4.78, 5) is 0. The predicted octanol–water partition coefficient (Wildman–Crippen LogP) is 2.97. The van der Waals surface area contributed by atoms with Gasteiger partial charge in [0.1, 0.15) is 0 Å². The minimum absolute atomic E-state index is 0.0386. The molecule has 64 valence electrons. The van der Waals surface area contributed by atoms with Gasteiger partial charge in [0.15, 0.2) is 0 Å². The molecule has 0 aromatic heterocycles. The van der Waals surface area contributed by atoms with Gasteiger partial charge in [0.25, 0.3) is 0 Å². The molecule has 0 saturated carbocycles. The molecular weight excluding hydrogens is 197 g/mol. The third-order valence-electron chi connectivity index (χ3n) is 1.38. The lowest BCUT2D eigenvalue weighted by Crippen LogP contribution is -2.01. The summed E-state index contributed by atoms with van der Waals surface area (Å²) < 4.78 is 4.71. The lowest BCUT2D eigenvalue weighted by molar-refractivity contribution is 0.401. The monoisotopic (exact) mass is 203 g/mol. The van der Waals surface area contributed by atoms with Crippen molar-refractivity contribution in [3.05, 3.63) is 33.8 Å². The molecule has 1 N–H and O–H groups in total. The fourth-order valence-corrected chi connectivity index (χ4v) is 1.28. The van der Waals surface area contributed by atoms with Gasteiger partial charge in [-0.15, -0.1) is 0 Å². The van der Waals surface area contributed by atoms with Crippen molar-refractivity contribution in [1.82, 2.24) is 0 Å². The second-order valence-electron chi connectivity index (χ2n) is 2.16. The molecule has 0 bridgehead atoms. The highest BCUT2D eigenvalue weighted by molar-refractivity contribution is 6.36. The molecule has 0 aliphatic heterocycles. The van der Waals surface area contributed by atoms with E-state index in [2.05, 4.69) is 0 Å². The molecule has 0 radical (unpaired) electrons. The second-order valence-corrected chi connectivity index (χ2v) is 3.00. The molecule has 0 spiro atoms. The minimum atomic E-state index is 0.0386. The highest BCUT2D eigenvalue weighted by Crippen LogP contribution is 2.21. The van der Waals surface area contributed by atoms with Crippen molar-refractivity contribution >= 4 is 29.1 Å². The summed E-state index contributed by atoms with van der Waals surface area (Å²) in [6.45, 7) is 0. The highest BCUT2D eigenvalue weighted by atomic mass is 35.5. The van der Waals surface area contributed by atoms with Crippen LogP contribution in [0.3, 0.4) is 0 Å². The number of halogens is 2. The van der Waals surface area contributed by atoms with E-state index in [0.717, 1.165) is 0 Å². The largest absolute Gasteiger partial charge is 0.481 e. The standard InChI is InChI=1S/C8H7Cl2NO/c1-12-8(11)6-3-2-5(9)4-7(6)10/h2-4,11H,1H3. The Bertz CT molecular complexity index is 312. The van der Waals surface area contributed by atoms with Gasteiger partial charge >= 0.3 is 0 Å². The van der Waals surface area contributed by atoms with Crippen LogP contribution in [0.1, 0.15) is 5.56 Å². The van der Waals surface area contributed by atoms with Gasteiger partial charge in [-0.2, -0.15) is 0 Å². The van der Waals surface area contributed by atoms with Crippen LogP contribution < -0.4 is 0 Å². The third-order valence-corrected chi connectivity index (χ3v) is 1.93. The SMILES string of the molecule is COC(=N)c1ccc(Cl)cc1Cl. The maximum Gasteiger partial charge on any atom is 0.214 e. The second kappa shape index (κ2) is 3.78. The van der Waals surface area contributed by atoms with Crippen LogP contribution >= 0.6 is 23.2 Å². The predicted molar refractivity (Wildman–Crippen MR) is 50.3 cm³/mol. The fourth-order valence-electron chi connectivity index (χ4n) is 0.784. The number of rotatable bonds is 1. The van der Waals surface area contributed by atoms with Crippen molar-refractivity contribution in [1.29, 1.82) is 5.41 Å². The zero-order chi connectivity index (χ0) is 9.14. The van der Waals surface area contributed by atoms with Crippen LogP contribution in [-0.2, 0) is 4.74 Å². The van der Waals surface area contributed by atoms with E-state index in [4.69, 9.17) is 33.3 Å². The van der Waals surface area contributed by atoms with E-state index in [1.807, 2.05) is 0 Å².